The lowest BCUT2D eigenvalue weighted by atomic mass is 10.0. The zero-order valence-corrected chi connectivity index (χ0v) is 46.5. The molecule has 1 saturated carbocycles. The number of benzene rings is 1. The molecule has 2 fully saturated rings. The molecule has 0 unspecified atom stereocenters. The number of aryl methyl sites for hydroxylation is 2. The lowest BCUT2D eigenvalue weighted by molar-refractivity contribution is -0.380. The molecule has 432 valence electrons. The second kappa shape index (κ2) is 31.0. The van der Waals surface area contributed by atoms with Crippen LogP contribution >= 0.6 is 11.3 Å². The molecule has 4 aromatic heterocycles. The fourth-order valence-electron chi connectivity index (χ4n) is 9.15. The highest BCUT2D eigenvalue weighted by molar-refractivity contribution is 7.19. The summed E-state index contributed by atoms with van der Waals surface area (Å²) in [5, 5.41) is 26.3. The summed E-state index contributed by atoms with van der Waals surface area (Å²) in [5.74, 6) is -0.387. The Morgan fingerprint density at radius 2 is 1.39 bits per heavy atom. The first kappa shape index (κ1) is 60.5. The van der Waals surface area contributed by atoms with Crippen LogP contribution in [-0.4, -0.2) is 183 Å². The van der Waals surface area contributed by atoms with Crippen LogP contribution in [0, 0.1) is 24.0 Å². The Balaban J connectivity index is 0.643. The molecule has 1 aliphatic heterocycles. The van der Waals surface area contributed by atoms with Gasteiger partial charge in [0.05, 0.1) is 119 Å². The number of rotatable bonds is 33. The fraction of sp³-hybridized carbons (Fsp3) is 0.528. The molecule has 1 saturated heterocycles. The van der Waals surface area contributed by atoms with Crippen molar-refractivity contribution in [1.82, 2.24) is 34.7 Å². The number of carbonyl (C=O) groups is 4. The third-order valence-corrected chi connectivity index (χ3v) is 14.1. The molecule has 1 aliphatic carbocycles. The van der Waals surface area contributed by atoms with Gasteiger partial charge in [-0.3, -0.25) is 48.9 Å². The van der Waals surface area contributed by atoms with E-state index in [1.807, 2.05) is 12.1 Å². The molecule has 80 heavy (non-hydrogen) atoms. The number of aromatic nitrogens is 5. The van der Waals surface area contributed by atoms with Gasteiger partial charge in [-0.05, 0) is 80.8 Å². The van der Waals surface area contributed by atoms with E-state index in [-0.39, 0.29) is 61.8 Å². The van der Waals surface area contributed by atoms with Crippen molar-refractivity contribution in [3.8, 4) is 0 Å². The summed E-state index contributed by atoms with van der Waals surface area (Å²) in [6.45, 7) is 14.9. The van der Waals surface area contributed by atoms with Crippen molar-refractivity contribution in [1.29, 1.82) is 0 Å². The van der Waals surface area contributed by atoms with Gasteiger partial charge < -0.3 is 54.6 Å². The van der Waals surface area contributed by atoms with E-state index in [4.69, 9.17) is 33.4 Å². The lowest BCUT2D eigenvalue weighted by Gasteiger charge is -2.35. The number of thiazole rings is 1. The number of Topliss-reactive ketones (excluding diaryl/α,β-unsaturated/α-hetero) is 1. The summed E-state index contributed by atoms with van der Waals surface area (Å²) in [5.41, 5.74) is 3.25. The Bertz CT molecular complexity index is 2950. The van der Waals surface area contributed by atoms with Crippen LogP contribution < -0.4 is 37.0 Å². The smallest absolute Gasteiger partial charge is 0.348 e. The number of fused-ring (bicyclic) bond motifs is 1. The summed E-state index contributed by atoms with van der Waals surface area (Å²) in [4.78, 5) is 96.4. The van der Waals surface area contributed by atoms with Crippen molar-refractivity contribution in [2.24, 2.45) is 0 Å². The minimum absolute atomic E-state index is 0.00957. The normalized spacial score (nSPS) is 13.9. The number of nitro groups is 1. The third-order valence-electron chi connectivity index (χ3n) is 13.1. The summed E-state index contributed by atoms with van der Waals surface area (Å²) < 4.78 is 35.1. The molecule has 0 radical (unpaired) electrons. The van der Waals surface area contributed by atoms with Crippen LogP contribution in [0.3, 0.4) is 0 Å². The molecular weight excluding hydrogens is 1060 g/mol. The molecule has 3 amide bonds. The highest BCUT2D eigenvalue weighted by atomic mass is 32.1. The maximum atomic E-state index is 13.6. The zero-order chi connectivity index (χ0) is 56.8. The van der Waals surface area contributed by atoms with Crippen LogP contribution in [0.2, 0.25) is 0 Å². The van der Waals surface area contributed by atoms with Crippen molar-refractivity contribution in [2.45, 2.75) is 59.4 Å². The average molecular weight is 1130 g/mol. The van der Waals surface area contributed by atoms with E-state index in [2.05, 4.69) is 51.3 Å². The monoisotopic (exact) mass is 1130 g/mol. The van der Waals surface area contributed by atoms with E-state index in [1.165, 1.54) is 26.8 Å². The number of piperazine rings is 1. The number of ketones is 1. The highest BCUT2D eigenvalue weighted by Crippen LogP contribution is 2.33. The summed E-state index contributed by atoms with van der Waals surface area (Å²) >= 11 is 0.752. The Morgan fingerprint density at radius 1 is 0.762 bits per heavy atom. The van der Waals surface area contributed by atoms with Gasteiger partial charge in [-0.1, -0.05) is 12.8 Å². The number of nitrogens with one attached hydrogen (secondary N) is 5. The molecule has 5 N–H and O–H groups in total. The van der Waals surface area contributed by atoms with Crippen molar-refractivity contribution < 1.29 is 52.5 Å². The van der Waals surface area contributed by atoms with Crippen LogP contribution in [-0.2, 0) is 38.0 Å². The minimum Gasteiger partial charge on any atom is -0.383 e. The van der Waals surface area contributed by atoms with E-state index in [1.54, 1.807) is 36.0 Å². The summed E-state index contributed by atoms with van der Waals surface area (Å²) in [6.07, 6.45) is 7.25. The molecule has 7 rings (SSSR count). The van der Waals surface area contributed by atoms with E-state index in [9.17, 15) is 34.1 Å². The Hall–Kier alpha value is -7.11. The van der Waals surface area contributed by atoms with Crippen LogP contribution in [0.1, 0.15) is 77.5 Å². The van der Waals surface area contributed by atoms with Gasteiger partial charge in [0.25, 0.3) is 11.5 Å². The molecule has 5 aromatic rings. The molecule has 5 heterocycles. The SMILES string of the molecule is CC(=O)Nc1cc(NCCOCCOCCOCCOCCOCCOCCNC(=O)CN2CCN(c3ccc(Nc4ncc5c(C)c(C(C)=O)c(=O)n(C6CCCC6)c5n4)nc3)CC2)ccc1C(=O)Nc1nc(C)c([N+](=O)[O-])s1. The maximum absolute atomic E-state index is 13.6. The standard InChI is InChI=1S/C53H71N13O13S/c1-35-43-33-57-52(61-48(43)65(40-7-5-6-8-40)50(71)47(35)37(3)67)60-45-12-10-41(32-56-45)64-17-15-63(16-18-64)34-46(69)55-14-20-75-22-24-77-26-28-79-30-29-78-27-25-76-23-21-74-19-13-54-39-9-11-42(44(31-39)59-38(4)68)49(70)62-53-58-36(2)51(80-53)66(72)73/h9-12,31-33,40,54H,5-8,13-30,34H2,1-4H3,(H,55,69)(H,59,68)(H,58,62,70)(H,56,57,60,61). The molecule has 0 atom stereocenters. The second-order valence-corrected chi connectivity index (χ2v) is 19.9. The molecule has 0 spiro atoms. The quantitative estimate of drug-likeness (QED) is 0.0162. The van der Waals surface area contributed by atoms with E-state index < -0.39 is 10.8 Å². The number of amides is 3. The first-order valence-electron chi connectivity index (χ1n) is 26.7. The Kier molecular flexibility index (Phi) is 23.5. The number of nitrogens with zero attached hydrogens (tertiary/aromatic N) is 8. The van der Waals surface area contributed by atoms with E-state index >= 15 is 0 Å². The largest absolute Gasteiger partial charge is 0.383 e. The highest BCUT2D eigenvalue weighted by Gasteiger charge is 2.27. The number of anilines is 6. The lowest BCUT2D eigenvalue weighted by Crippen LogP contribution is -2.49. The van der Waals surface area contributed by atoms with Crippen LogP contribution in [0.15, 0.2) is 47.5 Å². The fourth-order valence-corrected chi connectivity index (χ4v) is 9.92. The zero-order valence-electron chi connectivity index (χ0n) is 45.7. The number of carbonyl (C=O) groups excluding carboxylic acids is 4. The number of hydrogen-bond acceptors (Lipinski definition) is 22. The third kappa shape index (κ3) is 18.0. The molecule has 27 heteroatoms. The minimum atomic E-state index is -0.575. The predicted octanol–water partition coefficient (Wildman–Crippen LogP) is 4.89. The molecule has 0 bridgehead atoms. The van der Waals surface area contributed by atoms with Gasteiger partial charge in [0.2, 0.25) is 17.8 Å². The molecule has 2 aliphatic rings. The van der Waals surface area contributed by atoms with Gasteiger partial charge in [0, 0.05) is 69.5 Å². The maximum Gasteiger partial charge on any atom is 0.348 e. The van der Waals surface area contributed by atoms with Gasteiger partial charge in [0.15, 0.2) is 10.9 Å². The van der Waals surface area contributed by atoms with Crippen LogP contribution in [0.5, 0.6) is 0 Å². The molecule has 1 aromatic carbocycles. The summed E-state index contributed by atoms with van der Waals surface area (Å²) in [6, 6.07) is 8.66. The van der Waals surface area contributed by atoms with Gasteiger partial charge in [0.1, 0.15) is 17.2 Å². The van der Waals surface area contributed by atoms with Crippen molar-refractivity contribution in [3.63, 3.8) is 0 Å². The first-order chi connectivity index (χ1) is 38.7. The number of pyridine rings is 2. The topological polar surface area (TPSA) is 307 Å². The van der Waals surface area contributed by atoms with Crippen molar-refractivity contribution >= 4 is 84.8 Å². The van der Waals surface area contributed by atoms with Gasteiger partial charge >= 0.3 is 5.00 Å². The van der Waals surface area contributed by atoms with Crippen LogP contribution in [0.4, 0.5) is 39.0 Å². The number of hydrogen-bond donors (Lipinski definition) is 5. The Labute approximate surface area is 466 Å². The van der Waals surface area contributed by atoms with E-state index in [0.29, 0.717) is 133 Å². The van der Waals surface area contributed by atoms with E-state index in [0.717, 1.165) is 68.9 Å². The average Bonchev–Trinajstić information content (AvgIpc) is 4.19. The predicted molar refractivity (Wildman–Crippen MR) is 301 cm³/mol. The number of ether oxygens (including phenoxy) is 6. The van der Waals surface area contributed by atoms with Gasteiger partial charge in [-0.25, -0.2) is 15.0 Å². The molecular formula is C53H71N13O13S. The van der Waals surface area contributed by atoms with Crippen LogP contribution in [0.25, 0.3) is 11.0 Å². The summed E-state index contributed by atoms with van der Waals surface area (Å²) in [7, 11) is 0. The Morgan fingerprint density at radius 3 is 1.96 bits per heavy atom. The first-order valence-corrected chi connectivity index (χ1v) is 27.5. The second-order valence-electron chi connectivity index (χ2n) is 18.9. The van der Waals surface area contributed by atoms with Crippen molar-refractivity contribution in [3.05, 3.63) is 85.6 Å². The molecule has 26 nitrogen and oxygen atoms in total. The van der Waals surface area contributed by atoms with Crippen molar-refractivity contribution in [2.75, 3.05) is 151 Å². The van der Waals surface area contributed by atoms with Gasteiger partial charge in [-0.15, -0.1) is 0 Å². The van der Waals surface area contributed by atoms with Gasteiger partial charge in [-0.2, -0.15) is 4.98 Å².